The van der Waals surface area contributed by atoms with Crippen molar-refractivity contribution >= 4 is 17.2 Å². The molecule has 3 rings (SSSR count). The molecule has 1 N–H and O–H groups in total. The van der Waals surface area contributed by atoms with Crippen LogP contribution in [0.25, 0.3) is 5.65 Å². The topological polar surface area (TPSA) is 51.5 Å². The number of alkyl halides is 3. The van der Waals surface area contributed by atoms with E-state index in [1.807, 2.05) is 0 Å². The maximum atomic E-state index is 12.8. The maximum Gasteiger partial charge on any atom is 0.417 e. The predicted octanol–water partition coefficient (Wildman–Crippen LogP) is 2.06. The van der Waals surface area contributed by atoms with Crippen LogP contribution in [0.15, 0.2) is 12.3 Å². The van der Waals surface area contributed by atoms with E-state index in [9.17, 15) is 13.2 Å². The molecule has 0 aromatic carbocycles. The standard InChI is InChI=1S/C11H10ClF3N4O/c12-7-3-6(11(13,14)15)4-19-9(7)17-18-10(19)8-5-20-2-1-16-8/h3-4,8,16H,1-2,5H2. The Hall–Kier alpha value is -1.38. The smallest absolute Gasteiger partial charge is 0.378 e. The fourth-order valence-electron chi connectivity index (χ4n) is 2.09. The van der Waals surface area contributed by atoms with Crippen LogP contribution >= 0.6 is 11.6 Å². The molecule has 108 valence electrons. The molecular formula is C11H10ClF3N4O. The summed E-state index contributed by atoms with van der Waals surface area (Å²) < 4.78 is 45.0. The van der Waals surface area contributed by atoms with Gasteiger partial charge in [0.25, 0.3) is 0 Å². The number of nitrogens with zero attached hydrogens (tertiary/aromatic N) is 3. The minimum atomic E-state index is -4.48. The highest BCUT2D eigenvalue weighted by Gasteiger charge is 2.33. The van der Waals surface area contributed by atoms with E-state index in [1.54, 1.807) is 0 Å². The zero-order valence-electron chi connectivity index (χ0n) is 10.1. The van der Waals surface area contributed by atoms with Crippen molar-refractivity contribution in [2.24, 2.45) is 0 Å². The summed E-state index contributed by atoms with van der Waals surface area (Å²) in [5.74, 6) is 0.354. The highest BCUT2D eigenvalue weighted by molar-refractivity contribution is 6.33. The third-order valence-corrected chi connectivity index (χ3v) is 3.33. The number of pyridine rings is 1. The van der Waals surface area contributed by atoms with Crippen molar-refractivity contribution in [2.45, 2.75) is 12.2 Å². The molecule has 1 unspecified atom stereocenters. The van der Waals surface area contributed by atoms with Gasteiger partial charge in [0.1, 0.15) is 0 Å². The van der Waals surface area contributed by atoms with E-state index in [2.05, 4.69) is 15.5 Å². The summed E-state index contributed by atoms with van der Waals surface area (Å²) in [7, 11) is 0. The van der Waals surface area contributed by atoms with Gasteiger partial charge in [0, 0.05) is 12.7 Å². The van der Waals surface area contributed by atoms with Crippen molar-refractivity contribution in [3.05, 3.63) is 28.7 Å². The lowest BCUT2D eigenvalue weighted by atomic mass is 10.2. The van der Waals surface area contributed by atoms with Crippen LogP contribution < -0.4 is 5.32 Å². The highest BCUT2D eigenvalue weighted by Crippen LogP contribution is 2.32. The van der Waals surface area contributed by atoms with E-state index in [0.717, 1.165) is 12.3 Å². The fourth-order valence-corrected chi connectivity index (χ4v) is 2.34. The van der Waals surface area contributed by atoms with Crippen molar-refractivity contribution in [2.75, 3.05) is 19.8 Å². The predicted molar refractivity (Wildman–Crippen MR) is 64.6 cm³/mol. The van der Waals surface area contributed by atoms with Gasteiger partial charge in [-0.2, -0.15) is 13.2 Å². The Balaban J connectivity index is 2.12. The number of rotatable bonds is 1. The van der Waals surface area contributed by atoms with Crippen molar-refractivity contribution in [3.63, 3.8) is 0 Å². The average Bonchev–Trinajstić information content (AvgIpc) is 2.83. The Morgan fingerprint density at radius 3 is 2.85 bits per heavy atom. The Bertz CT molecular complexity index is 636. The van der Waals surface area contributed by atoms with Gasteiger partial charge in [-0.1, -0.05) is 11.6 Å². The summed E-state index contributed by atoms with van der Waals surface area (Å²) >= 11 is 5.85. The molecular weight excluding hydrogens is 297 g/mol. The van der Waals surface area contributed by atoms with E-state index in [4.69, 9.17) is 16.3 Å². The van der Waals surface area contributed by atoms with E-state index < -0.39 is 11.7 Å². The molecule has 9 heteroatoms. The van der Waals surface area contributed by atoms with Gasteiger partial charge in [0.05, 0.1) is 29.8 Å². The number of hydrogen-bond donors (Lipinski definition) is 1. The van der Waals surface area contributed by atoms with Gasteiger partial charge in [-0.25, -0.2) is 0 Å². The van der Waals surface area contributed by atoms with Crippen LogP contribution in [0.5, 0.6) is 0 Å². The van der Waals surface area contributed by atoms with Crippen LogP contribution in [0.3, 0.4) is 0 Å². The zero-order valence-corrected chi connectivity index (χ0v) is 10.9. The Labute approximate surface area is 116 Å². The molecule has 3 heterocycles. The number of morpholine rings is 1. The molecule has 0 spiro atoms. The second kappa shape index (κ2) is 4.87. The summed E-state index contributed by atoms with van der Waals surface area (Å²) in [6.45, 7) is 1.49. The first-order chi connectivity index (χ1) is 9.47. The second-order valence-electron chi connectivity index (χ2n) is 4.41. The number of halogens is 4. The summed E-state index contributed by atoms with van der Waals surface area (Å²) in [5, 5.41) is 10.8. The normalized spacial score (nSPS) is 20.5. The van der Waals surface area contributed by atoms with Crippen LogP contribution in [0.4, 0.5) is 13.2 Å². The number of aromatic nitrogens is 3. The highest BCUT2D eigenvalue weighted by atomic mass is 35.5. The van der Waals surface area contributed by atoms with Gasteiger partial charge in [-0.3, -0.25) is 4.40 Å². The molecule has 1 aliphatic heterocycles. The Morgan fingerprint density at radius 2 is 2.20 bits per heavy atom. The molecule has 2 aromatic rings. The molecule has 0 bridgehead atoms. The number of hydrogen-bond acceptors (Lipinski definition) is 4. The Kier molecular flexibility index (Phi) is 3.31. The van der Waals surface area contributed by atoms with E-state index in [-0.39, 0.29) is 16.7 Å². The second-order valence-corrected chi connectivity index (χ2v) is 4.82. The minimum Gasteiger partial charge on any atom is -0.378 e. The third-order valence-electron chi connectivity index (χ3n) is 3.05. The van der Waals surface area contributed by atoms with Crippen LogP contribution in [0.1, 0.15) is 17.4 Å². The summed E-state index contributed by atoms with van der Waals surface area (Å²) in [4.78, 5) is 0. The van der Waals surface area contributed by atoms with Crippen LogP contribution in [0.2, 0.25) is 5.02 Å². The number of fused-ring (bicyclic) bond motifs is 1. The molecule has 1 fully saturated rings. The van der Waals surface area contributed by atoms with Gasteiger partial charge in [0.15, 0.2) is 11.5 Å². The molecule has 2 aromatic heterocycles. The quantitative estimate of drug-likeness (QED) is 0.876. The first-order valence-corrected chi connectivity index (χ1v) is 6.27. The molecule has 1 saturated heterocycles. The molecule has 5 nitrogen and oxygen atoms in total. The van der Waals surface area contributed by atoms with Gasteiger partial charge in [-0.15, -0.1) is 10.2 Å². The van der Waals surface area contributed by atoms with Gasteiger partial charge in [0.2, 0.25) is 0 Å². The van der Waals surface area contributed by atoms with Crippen molar-refractivity contribution in [3.8, 4) is 0 Å². The Morgan fingerprint density at radius 1 is 1.40 bits per heavy atom. The first kappa shape index (κ1) is 13.6. The van der Waals surface area contributed by atoms with E-state index in [0.29, 0.717) is 25.6 Å². The van der Waals surface area contributed by atoms with E-state index >= 15 is 0 Å². The minimum absolute atomic E-state index is 0.0877. The molecule has 1 atom stereocenters. The van der Waals surface area contributed by atoms with Crippen molar-refractivity contribution in [1.29, 1.82) is 0 Å². The van der Waals surface area contributed by atoms with Gasteiger partial charge < -0.3 is 10.1 Å². The first-order valence-electron chi connectivity index (χ1n) is 5.89. The third kappa shape index (κ3) is 2.34. The molecule has 20 heavy (non-hydrogen) atoms. The van der Waals surface area contributed by atoms with Crippen LogP contribution in [-0.4, -0.2) is 34.4 Å². The lowest BCUT2D eigenvalue weighted by molar-refractivity contribution is -0.137. The molecule has 0 aliphatic carbocycles. The summed E-state index contributed by atoms with van der Waals surface area (Å²) in [6.07, 6.45) is -3.53. The van der Waals surface area contributed by atoms with Crippen molar-refractivity contribution in [1.82, 2.24) is 19.9 Å². The molecule has 0 saturated carbocycles. The molecule has 0 radical (unpaired) electrons. The molecule has 1 aliphatic rings. The largest absolute Gasteiger partial charge is 0.417 e. The number of nitrogens with one attached hydrogen (secondary N) is 1. The number of ether oxygens (including phenoxy) is 1. The fraction of sp³-hybridized carbons (Fsp3) is 0.455. The summed E-state index contributed by atoms with van der Waals surface area (Å²) in [6, 6.07) is 0.540. The van der Waals surface area contributed by atoms with Crippen molar-refractivity contribution < 1.29 is 17.9 Å². The van der Waals surface area contributed by atoms with Gasteiger partial charge >= 0.3 is 6.18 Å². The zero-order chi connectivity index (χ0) is 14.3. The SMILES string of the molecule is FC(F)(F)c1cc(Cl)c2nnc(C3COCCN3)n2c1. The van der Waals surface area contributed by atoms with E-state index in [1.165, 1.54) is 4.40 Å². The van der Waals surface area contributed by atoms with Crippen LogP contribution in [-0.2, 0) is 10.9 Å². The average molecular weight is 307 g/mol. The monoisotopic (exact) mass is 306 g/mol. The lowest BCUT2D eigenvalue weighted by Gasteiger charge is -2.22. The molecule has 0 amide bonds. The van der Waals surface area contributed by atoms with Crippen LogP contribution in [0, 0.1) is 0 Å². The lowest BCUT2D eigenvalue weighted by Crippen LogP contribution is -2.35. The maximum absolute atomic E-state index is 12.8. The van der Waals surface area contributed by atoms with Gasteiger partial charge in [-0.05, 0) is 6.07 Å². The summed E-state index contributed by atoms with van der Waals surface area (Å²) in [5.41, 5.74) is -0.644.